The minimum atomic E-state index is 0.0234. The van der Waals surface area contributed by atoms with Crippen molar-refractivity contribution in [2.75, 3.05) is 26.2 Å². The van der Waals surface area contributed by atoms with Gasteiger partial charge in [-0.25, -0.2) is 0 Å². The van der Waals surface area contributed by atoms with Crippen molar-refractivity contribution in [1.82, 2.24) is 140 Å². The molecule has 16 aromatic rings. The number of rotatable bonds is 20. The molecule has 8 aromatic heterocycles. The van der Waals surface area contributed by atoms with Gasteiger partial charge in [-0.1, -0.05) is 96.1 Å². The molecule has 4 atom stereocenters. The van der Waals surface area contributed by atoms with Gasteiger partial charge in [0.05, 0.1) is 167 Å². The highest BCUT2D eigenvalue weighted by Gasteiger charge is 2.36. The minimum Gasteiger partial charge on any atom is -0.335 e. The first kappa shape index (κ1) is 81.1. The van der Waals surface area contributed by atoms with Gasteiger partial charge in [-0.05, 0) is 223 Å². The van der Waals surface area contributed by atoms with Gasteiger partial charge in [0.25, 0.3) is 23.6 Å². The fraction of sp³-hybridized carbons (Fsp3) is 0.261. The summed E-state index contributed by atoms with van der Waals surface area (Å²) in [5.41, 5.74) is 15.8. The van der Waals surface area contributed by atoms with Crippen molar-refractivity contribution in [3.05, 3.63) is 337 Å². The number of para-hydroxylation sites is 2. The number of benzene rings is 8. The van der Waals surface area contributed by atoms with Crippen molar-refractivity contribution in [1.29, 1.82) is 0 Å². The molecule has 32 nitrogen and oxygen atoms in total. The Labute approximate surface area is 715 Å². The number of carbonyl (C=O) groups excluding carboxylic acids is 4. The predicted molar refractivity (Wildman–Crippen MR) is 461 cm³/mol. The fourth-order valence-corrected chi connectivity index (χ4v) is 16.9. The summed E-state index contributed by atoms with van der Waals surface area (Å²) < 4.78 is 0. The Morgan fingerprint density at radius 2 is 0.476 bits per heavy atom. The van der Waals surface area contributed by atoms with E-state index in [-0.39, 0.29) is 47.8 Å². The third kappa shape index (κ3) is 19.0. The van der Waals surface area contributed by atoms with Crippen LogP contribution in [0.4, 0.5) is 0 Å². The highest BCUT2D eigenvalue weighted by Crippen LogP contribution is 2.32. The Hall–Kier alpha value is -15.2. The highest BCUT2D eigenvalue weighted by molar-refractivity contribution is 6.00. The first-order chi connectivity index (χ1) is 61.0. The van der Waals surface area contributed by atoms with Crippen LogP contribution < -0.4 is 0 Å². The fourth-order valence-electron chi connectivity index (χ4n) is 16.9. The average Bonchev–Trinajstić information content (AvgIpc) is 1.45. The molecule has 32 heteroatoms. The average molecular weight is 1650 g/mol. The van der Waals surface area contributed by atoms with Gasteiger partial charge in [-0.15, -0.1) is 0 Å². The maximum Gasteiger partial charge on any atom is 0.256 e. The summed E-state index contributed by atoms with van der Waals surface area (Å²) >= 11 is 0. The van der Waals surface area contributed by atoms with Crippen molar-refractivity contribution in [2.45, 2.75) is 128 Å². The van der Waals surface area contributed by atoms with Crippen LogP contribution in [0, 0.1) is 13.8 Å². The molecular formula is C92H92N28O4. The smallest absolute Gasteiger partial charge is 0.256 e. The molecule has 12 heterocycles. The Kier molecular flexibility index (Phi) is 25.2. The van der Waals surface area contributed by atoms with Gasteiger partial charge >= 0.3 is 0 Å². The molecule has 4 amide bonds. The van der Waals surface area contributed by atoms with Crippen molar-refractivity contribution in [2.24, 2.45) is 0 Å². The van der Waals surface area contributed by atoms with Crippen LogP contribution in [0.5, 0.6) is 0 Å². The normalized spacial score (nSPS) is 16.2. The number of piperidine rings is 2. The zero-order valence-electron chi connectivity index (χ0n) is 68.8. The van der Waals surface area contributed by atoms with E-state index in [1.807, 2.05) is 167 Å². The quantitative estimate of drug-likeness (QED) is 0.0684. The zero-order chi connectivity index (χ0) is 84.5. The molecule has 4 aliphatic heterocycles. The second-order valence-electron chi connectivity index (χ2n) is 31.0. The largest absolute Gasteiger partial charge is 0.335 e. The topological polar surface area (TPSA) is 327 Å². The van der Waals surface area contributed by atoms with E-state index in [1.165, 1.54) is 30.3 Å². The van der Waals surface area contributed by atoms with Gasteiger partial charge in [0.2, 0.25) is 0 Å². The third-order valence-corrected chi connectivity index (χ3v) is 22.7. The minimum absolute atomic E-state index is 0.0234. The lowest BCUT2D eigenvalue weighted by atomic mass is 9.94. The maximum atomic E-state index is 13.8. The van der Waals surface area contributed by atoms with E-state index >= 15 is 0 Å². The SMILES string of the molecule is Cc1ccc(-n2nccn2)c(C(=O)N2CCCC[C@H]2Cc2cccc(-n3nccn3)c2)c1.Cc1ccc(-n2nccn2)c(C(=O)N2CCC[C@H]2Cc2cccc(-n3nccn3)c2)c1.O=C(c1ccccc1-n1nccn1)N1CCCC[C@H]1Cc1cccc(-n2nccn2)c1.O=C(c1ccccc1-n1nccn1)N1CCC[C@H]1Cc1cccc(-n2nccn2)c1. The summed E-state index contributed by atoms with van der Waals surface area (Å²) in [6.07, 6.45) is 39.7. The van der Waals surface area contributed by atoms with E-state index in [1.54, 1.807) is 118 Å². The Balaban J connectivity index is 0.000000117. The van der Waals surface area contributed by atoms with E-state index in [9.17, 15) is 19.2 Å². The van der Waals surface area contributed by atoms with Crippen LogP contribution >= 0.6 is 0 Å². The monoisotopic (exact) mass is 1650 g/mol. The molecule has 124 heavy (non-hydrogen) atoms. The highest BCUT2D eigenvalue weighted by atomic mass is 16.2. The van der Waals surface area contributed by atoms with E-state index in [4.69, 9.17) is 0 Å². The van der Waals surface area contributed by atoms with Crippen LogP contribution in [-0.2, 0) is 25.7 Å². The number of aromatic nitrogens is 24. The third-order valence-electron chi connectivity index (χ3n) is 22.7. The molecule has 0 radical (unpaired) electrons. The molecule has 8 aromatic carbocycles. The molecule has 624 valence electrons. The number of likely N-dealkylation sites (tertiary alicyclic amines) is 4. The summed E-state index contributed by atoms with van der Waals surface area (Å²) in [7, 11) is 0. The summed E-state index contributed by atoms with van der Waals surface area (Å²) in [4.78, 5) is 74.9. The van der Waals surface area contributed by atoms with Crippen LogP contribution in [0.3, 0.4) is 0 Å². The molecule has 20 rings (SSSR count). The van der Waals surface area contributed by atoms with Gasteiger partial charge in [0.15, 0.2) is 0 Å². The number of amides is 4. The number of hydrogen-bond donors (Lipinski definition) is 0. The number of carbonyl (C=O) groups is 4. The van der Waals surface area contributed by atoms with Crippen LogP contribution in [0.2, 0.25) is 0 Å². The molecule has 4 fully saturated rings. The van der Waals surface area contributed by atoms with E-state index in [0.29, 0.717) is 45.0 Å². The zero-order valence-corrected chi connectivity index (χ0v) is 68.8. The van der Waals surface area contributed by atoms with Gasteiger partial charge < -0.3 is 19.6 Å². The molecule has 0 saturated carbocycles. The number of aryl methyl sites for hydroxylation is 2. The van der Waals surface area contributed by atoms with Crippen molar-refractivity contribution >= 4 is 23.6 Å². The van der Waals surface area contributed by atoms with Crippen LogP contribution in [0.15, 0.2) is 281 Å². The molecule has 0 N–H and O–H groups in total. The summed E-state index contributed by atoms with van der Waals surface area (Å²) in [5.74, 6) is 0.122. The standard InChI is InChI=1S/C24H25N7O.2C23H23N7O.C22H21N7O/c1-18-8-9-23(31-27-12-13-28-31)22(15-18)24(32)29-14-3-2-6-20(29)16-19-5-4-7-21(17-19)30-25-10-11-26-30;1-17-7-8-22(30-26-11-12-27-30)21(14-17)23(31)28-13-3-6-19(28)15-18-4-2-5-20(16-18)29-24-9-10-25-29;31-23(21-9-1-2-10-22(21)30-26-13-14-27-30)28-15-4-3-7-19(28)16-18-6-5-8-20(17-18)29-24-11-12-25-29;30-22(20-8-1-2-9-21(20)29-25-12-13-26-29)27-14-4-7-18(27)15-17-5-3-6-19(16-17)28-23-10-11-24-28/h4-5,7-13,15,17,20H,2-3,6,14,16H2,1H3;2,4-5,7-12,14,16,19H,3,6,13,15H2,1H3;1-2,5-6,8-14,17,19H,3-4,7,15-16H2;1-3,5-6,8-13,16,18H,4,7,14-15H2/t20-;2*19-;18-/m0000/s1. The molecule has 0 unspecified atom stereocenters. The molecule has 0 aliphatic carbocycles. The second kappa shape index (κ2) is 38.4. The lowest BCUT2D eigenvalue weighted by Crippen LogP contribution is -2.45. The molecule has 0 spiro atoms. The van der Waals surface area contributed by atoms with E-state index < -0.39 is 0 Å². The lowest BCUT2D eigenvalue weighted by Gasteiger charge is -2.36. The van der Waals surface area contributed by atoms with E-state index in [0.717, 1.165) is 161 Å². The number of nitrogens with zero attached hydrogens (tertiary/aromatic N) is 28. The number of hydrogen-bond acceptors (Lipinski definition) is 20. The van der Waals surface area contributed by atoms with Gasteiger partial charge in [-0.2, -0.15) is 120 Å². The van der Waals surface area contributed by atoms with Gasteiger partial charge in [0, 0.05) is 50.3 Å². The lowest BCUT2D eigenvalue weighted by molar-refractivity contribution is 0.0605. The molecule has 4 aliphatic rings. The van der Waals surface area contributed by atoms with Crippen molar-refractivity contribution in [3.8, 4) is 45.5 Å². The Morgan fingerprint density at radius 3 is 0.758 bits per heavy atom. The van der Waals surface area contributed by atoms with Crippen molar-refractivity contribution < 1.29 is 19.2 Å². The summed E-state index contributed by atoms with van der Waals surface area (Å²) in [6.45, 7) is 7.01. The molecule has 4 saturated heterocycles. The molecular weight excluding hydrogens is 1560 g/mol. The van der Waals surface area contributed by atoms with Gasteiger partial charge in [-0.3, -0.25) is 19.2 Å². The van der Waals surface area contributed by atoms with Crippen molar-refractivity contribution in [3.63, 3.8) is 0 Å². The summed E-state index contributed by atoms with van der Waals surface area (Å²) in [5, 5.41) is 67.5. The second-order valence-corrected chi connectivity index (χ2v) is 31.0. The first-order valence-corrected chi connectivity index (χ1v) is 41.9. The molecule has 0 bridgehead atoms. The van der Waals surface area contributed by atoms with Gasteiger partial charge in [0.1, 0.15) is 0 Å². The maximum absolute atomic E-state index is 13.8. The van der Waals surface area contributed by atoms with Crippen LogP contribution in [0.25, 0.3) is 45.5 Å². The van der Waals surface area contributed by atoms with Crippen LogP contribution in [0.1, 0.15) is 139 Å². The summed E-state index contributed by atoms with van der Waals surface area (Å²) in [6, 6.07) is 60.0. The van der Waals surface area contributed by atoms with Crippen LogP contribution in [-0.4, -0.2) is 214 Å². The van der Waals surface area contributed by atoms with E-state index in [2.05, 4.69) is 130 Å². The predicted octanol–water partition coefficient (Wildman–Crippen LogP) is 12.2. The Morgan fingerprint density at radius 1 is 0.242 bits per heavy atom. The Bertz CT molecular complexity index is 6180. The first-order valence-electron chi connectivity index (χ1n) is 41.9.